The van der Waals surface area contributed by atoms with E-state index >= 15 is 0 Å². The zero-order valence-corrected chi connectivity index (χ0v) is 13.5. The van der Waals surface area contributed by atoms with Gasteiger partial charge < -0.3 is 11.1 Å². The number of nitrogens with two attached hydrogens (primary N) is 1. The van der Waals surface area contributed by atoms with Crippen molar-refractivity contribution in [2.75, 3.05) is 19.6 Å². The molecule has 0 spiro atoms. The molecule has 0 aliphatic heterocycles. The van der Waals surface area contributed by atoms with Gasteiger partial charge >= 0.3 is 0 Å². The van der Waals surface area contributed by atoms with Gasteiger partial charge in [0.1, 0.15) is 9.88 Å². The minimum absolute atomic E-state index is 0.00588. The molecule has 0 fully saturated rings. The van der Waals surface area contributed by atoms with Crippen LogP contribution in [-0.4, -0.2) is 48.2 Å². The van der Waals surface area contributed by atoms with Crippen molar-refractivity contribution in [3.8, 4) is 0 Å². The van der Waals surface area contributed by atoms with Crippen molar-refractivity contribution >= 4 is 33.1 Å². The summed E-state index contributed by atoms with van der Waals surface area (Å²) in [5, 5.41) is 2.56. The van der Waals surface area contributed by atoms with E-state index in [2.05, 4.69) is 10.3 Å². The monoisotopic (exact) mass is 330 g/mol. The van der Waals surface area contributed by atoms with Gasteiger partial charge in [-0.25, -0.2) is 8.42 Å². The van der Waals surface area contributed by atoms with Crippen molar-refractivity contribution in [1.82, 2.24) is 14.6 Å². The molecule has 21 heavy (non-hydrogen) atoms. The maximum absolute atomic E-state index is 12.4. The smallest absolute Gasteiger partial charge is 0.245 e. The quantitative estimate of drug-likeness (QED) is 0.674. The maximum atomic E-state index is 12.4. The Hall–Kier alpha value is -1.58. The van der Waals surface area contributed by atoms with E-state index < -0.39 is 10.0 Å². The molecule has 7 nitrogen and oxygen atoms in total. The molecule has 1 rings (SSSR count). The number of rotatable bonds is 7. The molecule has 9 heteroatoms. The van der Waals surface area contributed by atoms with E-state index in [-0.39, 0.29) is 28.9 Å². The van der Waals surface area contributed by atoms with E-state index in [0.29, 0.717) is 12.2 Å². The molecule has 0 bridgehead atoms. The van der Waals surface area contributed by atoms with Gasteiger partial charge in [0.2, 0.25) is 15.9 Å². The van der Waals surface area contributed by atoms with Crippen molar-refractivity contribution in [2.24, 2.45) is 5.73 Å². The Balaban J connectivity index is 3.01. The van der Waals surface area contributed by atoms with Crippen LogP contribution in [0.3, 0.4) is 0 Å². The van der Waals surface area contributed by atoms with Gasteiger partial charge in [0.25, 0.3) is 0 Å². The number of thiocarbonyl (C=S) groups is 1. The SMILES string of the molecule is CCNC(=O)CN(CC)S(=O)(=O)c1ccc(C(N)=S)nc1. The van der Waals surface area contributed by atoms with Crippen LogP contribution in [0.15, 0.2) is 23.2 Å². The Bertz CT molecular complexity index is 614. The van der Waals surface area contributed by atoms with Crippen molar-refractivity contribution < 1.29 is 13.2 Å². The fraction of sp³-hybridized carbons (Fsp3) is 0.417. The number of hydrogen-bond acceptors (Lipinski definition) is 5. The van der Waals surface area contributed by atoms with E-state index in [1.165, 1.54) is 18.3 Å². The number of nitrogens with zero attached hydrogens (tertiary/aromatic N) is 2. The second kappa shape index (κ2) is 7.43. The largest absolute Gasteiger partial charge is 0.388 e. The summed E-state index contributed by atoms with van der Waals surface area (Å²) in [7, 11) is -3.78. The predicted molar refractivity (Wildman–Crippen MR) is 83.2 cm³/mol. The molecule has 116 valence electrons. The number of carbonyl (C=O) groups excluding carboxylic acids is 1. The van der Waals surface area contributed by atoms with Gasteiger partial charge in [-0.15, -0.1) is 0 Å². The molecule has 0 unspecified atom stereocenters. The van der Waals surface area contributed by atoms with Crippen LogP contribution in [0.2, 0.25) is 0 Å². The predicted octanol–water partition coefficient (Wildman–Crippen LogP) is -0.137. The van der Waals surface area contributed by atoms with Crippen molar-refractivity contribution in [3.05, 3.63) is 24.0 Å². The number of pyridine rings is 1. The molecule has 1 aromatic rings. The van der Waals surface area contributed by atoms with Crippen molar-refractivity contribution in [3.63, 3.8) is 0 Å². The number of amides is 1. The van der Waals surface area contributed by atoms with Gasteiger partial charge in [-0.2, -0.15) is 4.31 Å². The number of likely N-dealkylation sites (N-methyl/N-ethyl adjacent to an activating group) is 2. The summed E-state index contributed by atoms with van der Waals surface area (Å²) in [5.74, 6) is -0.351. The van der Waals surface area contributed by atoms with E-state index in [9.17, 15) is 13.2 Å². The molecule has 0 aliphatic carbocycles. The summed E-state index contributed by atoms with van der Waals surface area (Å²) in [4.78, 5) is 15.6. The number of nitrogens with one attached hydrogen (secondary N) is 1. The second-order valence-electron chi connectivity index (χ2n) is 4.13. The molecule has 1 heterocycles. The molecule has 0 aromatic carbocycles. The third-order valence-electron chi connectivity index (χ3n) is 2.67. The van der Waals surface area contributed by atoms with Gasteiger partial charge in [0, 0.05) is 19.3 Å². The lowest BCUT2D eigenvalue weighted by molar-refractivity contribution is -0.121. The number of hydrogen-bond donors (Lipinski definition) is 2. The van der Waals surface area contributed by atoms with Gasteiger partial charge in [-0.3, -0.25) is 9.78 Å². The van der Waals surface area contributed by atoms with Gasteiger partial charge in [-0.05, 0) is 19.1 Å². The van der Waals surface area contributed by atoms with Crippen LogP contribution in [0.1, 0.15) is 19.5 Å². The Morgan fingerprint density at radius 1 is 1.43 bits per heavy atom. The van der Waals surface area contributed by atoms with Crippen LogP contribution >= 0.6 is 12.2 Å². The summed E-state index contributed by atoms with van der Waals surface area (Å²) in [6.45, 7) is 3.81. The molecule has 0 saturated carbocycles. The molecule has 0 atom stereocenters. The summed E-state index contributed by atoms with van der Waals surface area (Å²) in [6.07, 6.45) is 1.18. The lowest BCUT2D eigenvalue weighted by atomic mass is 10.3. The zero-order valence-electron chi connectivity index (χ0n) is 11.9. The highest BCUT2D eigenvalue weighted by Gasteiger charge is 2.25. The normalized spacial score (nSPS) is 11.4. The highest BCUT2D eigenvalue weighted by Crippen LogP contribution is 2.14. The van der Waals surface area contributed by atoms with Crippen LogP contribution in [0.25, 0.3) is 0 Å². The minimum Gasteiger partial charge on any atom is -0.388 e. The van der Waals surface area contributed by atoms with E-state index in [4.69, 9.17) is 18.0 Å². The zero-order chi connectivity index (χ0) is 16.0. The lowest BCUT2D eigenvalue weighted by Gasteiger charge is -2.19. The van der Waals surface area contributed by atoms with Gasteiger partial charge in [0.05, 0.1) is 12.2 Å². The Morgan fingerprint density at radius 3 is 2.52 bits per heavy atom. The summed E-state index contributed by atoms with van der Waals surface area (Å²) in [6, 6.07) is 2.81. The first-order valence-electron chi connectivity index (χ1n) is 6.35. The van der Waals surface area contributed by atoms with Crippen LogP contribution in [0.4, 0.5) is 0 Å². The average molecular weight is 330 g/mol. The summed E-state index contributed by atoms with van der Waals surface area (Å²) >= 11 is 4.76. The first-order chi connectivity index (χ1) is 9.82. The molecule has 0 radical (unpaired) electrons. The fourth-order valence-corrected chi connectivity index (χ4v) is 3.08. The third-order valence-corrected chi connectivity index (χ3v) is 4.79. The van der Waals surface area contributed by atoms with Crippen LogP contribution in [0.5, 0.6) is 0 Å². The first-order valence-corrected chi connectivity index (χ1v) is 8.20. The van der Waals surface area contributed by atoms with Crippen LogP contribution in [-0.2, 0) is 14.8 Å². The molecule has 1 aromatic heterocycles. The van der Waals surface area contributed by atoms with Crippen LogP contribution < -0.4 is 11.1 Å². The number of sulfonamides is 1. The molecular weight excluding hydrogens is 312 g/mol. The van der Waals surface area contributed by atoms with Gasteiger partial charge in [-0.1, -0.05) is 19.1 Å². The topological polar surface area (TPSA) is 105 Å². The molecule has 3 N–H and O–H groups in total. The Kier molecular flexibility index (Phi) is 6.19. The third kappa shape index (κ3) is 4.45. The summed E-state index contributed by atoms with van der Waals surface area (Å²) < 4.78 is 25.9. The van der Waals surface area contributed by atoms with Gasteiger partial charge in [0.15, 0.2) is 0 Å². The fourth-order valence-electron chi connectivity index (χ4n) is 1.61. The molecule has 0 saturated heterocycles. The second-order valence-corrected chi connectivity index (χ2v) is 6.51. The lowest BCUT2D eigenvalue weighted by Crippen LogP contribution is -2.40. The average Bonchev–Trinajstić information content (AvgIpc) is 2.45. The minimum atomic E-state index is -3.78. The molecule has 0 aliphatic rings. The standard InChI is InChI=1S/C12H18N4O3S2/c1-3-14-11(17)8-16(4-2)21(18,19)9-5-6-10(12(13)20)15-7-9/h5-7H,3-4,8H2,1-2H3,(H2,13,20)(H,14,17). The Labute approximate surface area is 129 Å². The summed E-state index contributed by atoms with van der Waals surface area (Å²) in [5.41, 5.74) is 5.76. The number of carbonyl (C=O) groups is 1. The van der Waals surface area contributed by atoms with Crippen molar-refractivity contribution in [2.45, 2.75) is 18.7 Å². The number of aromatic nitrogens is 1. The molecule has 1 amide bonds. The van der Waals surface area contributed by atoms with E-state index in [1.807, 2.05) is 0 Å². The van der Waals surface area contributed by atoms with E-state index in [0.717, 1.165) is 4.31 Å². The van der Waals surface area contributed by atoms with Crippen molar-refractivity contribution in [1.29, 1.82) is 0 Å². The Morgan fingerprint density at radius 2 is 2.10 bits per heavy atom. The van der Waals surface area contributed by atoms with E-state index in [1.54, 1.807) is 13.8 Å². The van der Waals surface area contributed by atoms with Crippen LogP contribution in [0, 0.1) is 0 Å². The molecular formula is C12H18N4O3S2. The highest BCUT2D eigenvalue weighted by molar-refractivity contribution is 7.89. The maximum Gasteiger partial charge on any atom is 0.245 e. The highest BCUT2D eigenvalue weighted by atomic mass is 32.2. The first kappa shape index (κ1) is 17.5.